The highest BCUT2D eigenvalue weighted by Crippen LogP contribution is 2.24. The summed E-state index contributed by atoms with van der Waals surface area (Å²) < 4.78 is 6.68. The van der Waals surface area contributed by atoms with Crippen LogP contribution >= 0.6 is 11.3 Å². The predicted octanol–water partition coefficient (Wildman–Crippen LogP) is 3.51. The van der Waals surface area contributed by atoms with Crippen molar-refractivity contribution in [2.24, 2.45) is 5.92 Å². The number of ether oxygens (including phenoxy) is 1. The van der Waals surface area contributed by atoms with Gasteiger partial charge in [-0.2, -0.15) is 0 Å². The number of amides is 1. The van der Waals surface area contributed by atoms with E-state index in [1.54, 1.807) is 11.3 Å². The fourth-order valence-corrected chi connectivity index (χ4v) is 3.90. The second-order valence-electron chi connectivity index (χ2n) is 6.00. The van der Waals surface area contributed by atoms with Crippen molar-refractivity contribution >= 4 is 27.5 Å². The second kappa shape index (κ2) is 7.20. The molecular formula is C17H22N2O2S. The number of carbonyl (C=O) groups is 1. The average Bonchev–Trinajstić information content (AvgIpc) is 2.92. The Bertz CT molecular complexity index is 607. The van der Waals surface area contributed by atoms with Gasteiger partial charge in [0.25, 0.3) is 0 Å². The summed E-state index contributed by atoms with van der Waals surface area (Å²) in [5.41, 5.74) is 0.992. The smallest absolute Gasteiger partial charge is 0.246 e. The molecule has 1 aromatic carbocycles. The Kier molecular flexibility index (Phi) is 5.05. The zero-order chi connectivity index (χ0) is 15.4. The lowest BCUT2D eigenvalue weighted by Gasteiger charge is -2.29. The second-order valence-corrected chi connectivity index (χ2v) is 7.12. The van der Waals surface area contributed by atoms with Crippen LogP contribution in [0.25, 0.3) is 10.2 Å². The van der Waals surface area contributed by atoms with E-state index in [9.17, 15) is 4.79 Å². The largest absolute Gasteiger partial charge is 0.364 e. The molecule has 1 fully saturated rings. The first kappa shape index (κ1) is 15.4. The molecular weight excluding hydrogens is 296 g/mol. The molecule has 4 nitrogen and oxygen atoms in total. The molecule has 1 N–H and O–H groups in total. The van der Waals surface area contributed by atoms with Crippen LogP contribution in [-0.4, -0.2) is 23.5 Å². The van der Waals surface area contributed by atoms with Crippen LogP contribution in [0.5, 0.6) is 0 Å². The van der Waals surface area contributed by atoms with Crippen LogP contribution in [0.4, 0.5) is 0 Å². The molecule has 1 aliphatic rings. The Morgan fingerprint density at radius 3 is 3.00 bits per heavy atom. The molecule has 118 valence electrons. The standard InChI is InChI=1S/C17H22N2O2S/c1-12-6-2-3-7-13(12)18-16(20)10-21-11-17-19-14-8-4-5-9-15(14)22-17/h4-5,8-9,12-13H,2-3,6-7,10-11H2,1H3,(H,18,20). The molecule has 1 saturated carbocycles. The van der Waals surface area contributed by atoms with Crippen molar-refractivity contribution in [3.63, 3.8) is 0 Å². The van der Waals surface area contributed by atoms with Gasteiger partial charge in [-0.05, 0) is 30.9 Å². The third-order valence-electron chi connectivity index (χ3n) is 4.25. The highest BCUT2D eigenvalue weighted by Gasteiger charge is 2.22. The molecule has 1 aliphatic carbocycles. The van der Waals surface area contributed by atoms with Gasteiger partial charge < -0.3 is 10.1 Å². The van der Waals surface area contributed by atoms with Crippen LogP contribution in [0.2, 0.25) is 0 Å². The van der Waals surface area contributed by atoms with Crippen molar-refractivity contribution in [2.75, 3.05) is 6.61 Å². The van der Waals surface area contributed by atoms with E-state index < -0.39 is 0 Å². The summed E-state index contributed by atoms with van der Waals surface area (Å²) in [6.07, 6.45) is 4.78. The number of carbonyl (C=O) groups excluding carboxylic acids is 1. The van der Waals surface area contributed by atoms with Crippen LogP contribution in [0, 0.1) is 5.92 Å². The predicted molar refractivity (Wildman–Crippen MR) is 88.8 cm³/mol. The van der Waals surface area contributed by atoms with Gasteiger partial charge in [-0.1, -0.05) is 31.9 Å². The van der Waals surface area contributed by atoms with Gasteiger partial charge >= 0.3 is 0 Å². The van der Waals surface area contributed by atoms with Crippen molar-refractivity contribution in [2.45, 2.75) is 45.3 Å². The van der Waals surface area contributed by atoms with Crippen LogP contribution in [0.1, 0.15) is 37.6 Å². The number of nitrogens with zero attached hydrogens (tertiary/aromatic N) is 1. The summed E-state index contributed by atoms with van der Waals surface area (Å²) in [5, 5.41) is 4.02. The lowest BCUT2D eigenvalue weighted by Crippen LogP contribution is -2.42. The summed E-state index contributed by atoms with van der Waals surface area (Å²) in [7, 11) is 0. The molecule has 0 bridgehead atoms. The number of rotatable bonds is 5. The summed E-state index contributed by atoms with van der Waals surface area (Å²) in [6, 6.07) is 8.34. The van der Waals surface area contributed by atoms with E-state index in [0.29, 0.717) is 18.6 Å². The minimum absolute atomic E-state index is 0.0140. The van der Waals surface area contributed by atoms with Crippen molar-refractivity contribution < 1.29 is 9.53 Å². The van der Waals surface area contributed by atoms with Gasteiger partial charge in [0.15, 0.2) is 0 Å². The van der Waals surface area contributed by atoms with E-state index >= 15 is 0 Å². The fourth-order valence-electron chi connectivity index (χ4n) is 2.99. The Morgan fingerprint density at radius 1 is 1.36 bits per heavy atom. The van der Waals surface area contributed by atoms with E-state index in [4.69, 9.17) is 4.74 Å². The highest BCUT2D eigenvalue weighted by atomic mass is 32.1. The Labute approximate surface area is 134 Å². The summed E-state index contributed by atoms with van der Waals surface area (Å²) >= 11 is 1.62. The van der Waals surface area contributed by atoms with Crippen LogP contribution in [0.3, 0.4) is 0 Å². The topological polar surface area (TPSA) is 51.2 Å². The molecule has 22 heavy (non-hydrogen) atoms. The monoisotopic (exact) mass is 318 g/mol. The zero-order valence-corrected chi connectivity index (χ0v) is 13.7. The maximum Gasteiger partial charge on any atom is 0.246 e. The van der Waals surface area contributed by atoms with Gasteiger partial charge in [0.2, 0.25) is 5.91 Å². The quantitative estimate of drug-likeness (QED) is 0.918. The maximum atomic E-state index is 12.0. The summed E-state index contributed by atoms with van der Waals surface area (Å²) in [6.45, 7) is 2.72. The van der Waals surface area contributed by atoms with E-state index in [1.165, 1.54) is 19.3 Å². The molecule has 1 heterocycles. The third-order valence-corrected chi connectivity index (χ3v) is 5.26. The van der Waals surface area contributed by atoms with Crippen molar-refractivity contribution in [1.82, 2.24) is 10.3 Å². The molecule has 0 spiro atoms. The number of fused-ring (bicyclic) bond motifs is 1. The highest BCUT2D eigenvalue weighted by molar-refractivity contribution is 7.18. The van der Waals surface area contributed by atoms with Crippen molar-refractivity contribution in [1.29, 1.82) is 0 Å². The number of hydrogen-bond acceptors (Lipinski definition) is 4. The Morgan fingerprint density at radius 2 is 2.18 bits per heavy atom. The minimum Gasteiger partial charge on any atom is -0.364 e. The van der Waals surface area contributed by atoms with Crippen molar-refractivity contribution in [3.8, 4) is 0 Å². The van der Waals surface area contributed by atoms with Crippen LogP contribution in [0.15, 0.2) is 24.3 Å². The molecule has 0 saturated heterocycles. The van der Waals surface area contributed by atoms with Gasteiger partial charge in [0.1, 0.15) is 11.6 Å². The lowest BCUT2D eigenvalue weighted by atomic mass is 9.86. The number of nitrogens with one attached hydrogen (secondary N) is 1. The summed E-state index contributed by atoms with van der Waals surface area (Å²) in [5.74, 6) is 0.557. The van der Waals surface area contributed by atoms with Gasteiger partial charge in [-0.15, -0.1) is 11.3 Å². The molecule has 0 radical (unpaired) electrons. The Hall–Kier alpha value is -1.46. The van der Waals surface area contributed by atoms with E-state index in [1.807, 2.05) is 24.3 Å². The normalized spacial score (nSPS) is 21.9. The van der Waals surface area contributed by atoms with Crippen molar-refractivity contribution in [3.05, 3.63) is 29.3 Å². The average molecular weight is 318 g/mol. The number of para-hydroxylation sites is 1. The number of thiazole rings is 1. The van der Waals surface area contributed by atoms with E-state index in [-0.39, 0.29) is 12.5 Å². The first-order valence-corrected chi connectivity index (χ1v) is 8.75. The Balaban J connectivity index is 1.45. The number of hydrogen-bond donors (Lipinski definition) is 1. The first-order valence-electron chi connectivity index (χ1n) is 7.94. The molecule has 2 unspecified atom stereocenters. The molecule has 1 amide bonds. The zero-order valence-electron chi connectivity index (χ0n) is 12.9. The molecule has 1 aromatic heterocycles. The van der Waals surface area contributed by atoms with Gasteiger partial charge in [0.05, 0.1) is 16.8 Å². The van der Waals surface area contributed by atoms with Gasteiger partial charge in [0, 0.05) is 6.04 Å². The molecule has 5 heteroatoms. The third kappa shape index (κ3) is 3.84. The van der Waals surface area contributed by atoms with Crippen LogP contribution in [-0.2, 0) is 16.1 Å². The molecule has 0 aliphatic heterocycles. The van der Waals surface area contributed by atoms with Gasteiger partial charge in [-0.3, -0.25) is 4.79 Å². The molecule has 2 atom stereocenters. The molecule has 2 aromatic rings. The van der Waals surface area contributed by atoms with Crippen LogP contribution < -0.4 is 5.32 Å². The number of aromatic nitrogens is 1. The first-order chi connectivity index (χ1) is 10.7. The number of benzene rings is 1. The maximum absolute atomic E-state index is 12.0. The SMILES string of the molecule is CC1CCCCC1NC(=O)COCc1nc2ccccc2s1. The summed E-state index contributed by atoms with van der Waals surface area (Å²) in [4.78, 5) is 16.5. The van der Waals surface area contributed by atoms with E-state index in [2.05, 4.69) is 17.2 Å². The molecule has 3 rings (SSSR count). The van der Waals surface area contributed by atoms with Gasteiger partial charge in [-0.25, -0.2) is 4.98 Å². The fraction of sp³-hybridized carbons (Fsp3) is 0.529. The lowest BCUT2D eigenvalue weighted by molar-refractivity contribution is -0.127. The minimum atomic E-state index is -0.0140. The van der Waals surface area contributed by atoms with E-state index in [0.717, 1.165) is 21.6 Å².